The van der Waals surface area contributed by atoms with Crippen LogP contribution in [0.2, 0.25) is 0 Å². The maximum absolute atomic E-state index is 14.7. The maximum Gasteiger partial charge on any atom is 0.253 e. The van der Waals surface area contributed by atoms with Crippen LogP contribution < -0.4 is 14.5 Å². The zero-order chi connectivity index (χ0) is 31.8. The smallest absolute Gasteiger partial charge is 0.253 e. The van der Waals surface area contributed by atoms with Crippen LogP contribution in [0.1, 0.15) is 26.2 Å². The number of aliphatic hydroxyl groups excluding tert-OH is 1. The number of ether oxygens (including phenoxy) is 2. The normalized spacial score (nSPS) is 27.1. The minimum absolute atomic E-state index is 0.0659. The van der Waals surface area contributed by atoms with Crippen LogP contribution in [-0.4, -0.2) is 78.3 Å². The number of hydrogen-bond donors (Lipinski definition) is 1. The molecule has 0 radical (unpaired) electrons. The van der Waals surface area contributed by atoms with Crippen molar-refractivity contribution in [1.82, 2.24) is 4.90 Å². The Morgan fingerprint density at radius 3 is 2.37 bits per heavy atom. The number of nitrogens with zero attached hydrogens (tertiary/aromatic N) is 3. The summed E-state index contributed by atoms with van der Waals surface area (Å²) in [5, 5.41) is 11.5. The Labute approximate surface area is 268 Å². The summed E-state index contributed by atoms with van der Waals surface area (Å²) < 4.78 is 12.4. The monoisotopic (exact) mass is 621 g/mol. The molecule has 0 aromatic heterocycles. The van der Waals surface area contributed by atoms with Gasteiger partial charge in [-0.25, -0.2) is 0 Å². The van der Waals surface area contributed by atoms with E-state index in [1.54, 1.807) is 14.7 Å². The number of amides is 3. The van der Waals surface area contributed by atoms with Gasteiger partial charge in [-0.15, -0.1) is 0 Å². The lowest BCUT2D eigenvalue weighted by molar-refractivity contribution is -0.140. The summed E-state index contributed by atoms with van der Waals surface area (Å²) in [7, 11) is 0. The molecular weight excluding hydrogens is 582 g/mol. The number of benzene rings is 3. The zero-order valence-corrected chi connectivity index (χ0v) is 26.0. The minimum atomic E-state index is -1.30. The van der Waals surface area contributed by atoms with Crippen LogP contribution in [-0.2, 0) is 19.1 Å². The molecule has 1 unspecified atom stereocenters. The third-order valence-corrected chi connectivity index (χ3v) is 9.72. The second-order valence-electron chi connectivity index (χ2n) is 12.3. The summed E-state index contributed by atoms with van der Waals surface area (Å²) in [6, 6.07) is 20.4. The van der Waals surface area contributed by atoms with Crippen LogP contribution >= 0.6 is 0 Å². The highest BCUT2D eigenvalue weighted by molar-refractivity contribution is 6.08. The van der Waals surface area contributed by atoms with Gasteiger partial charge in [-0.1, -0.05) is 54.6 Å². The quantitative estimate of drug-likeness (QED) is 0.279. The van der Waals surface area contributed by atoms with Gasteiger partial charge in [0.15, 0.2) is 0 Å². The molecule has 1 N–H and O–H groups in total. The molecule has 46 heavy (non-hydrogen) atoms. The molecule has 0 bridgehead atoms. The van der Waals surface area contributed by atoms with Gasteiger partial charge in [-0.2, -0.15) is 0 Å². The number of unbranched alkanes of at least 4 members (excludes halogenated alkanes) is 2. The summed E-state index contributed by atoms with van der Waals surface area (Å²) >= 11 is 0. The van der Waals surface area contributed by atoms with Crippen LogP contribution in [0.25, 0.3) is 10.8 Å². The lowest BCUT2D eigenvalue weighted by atomic mass is 9.77. The van der Waals surface area contributed by atoms with Gasteiger partial charge in [0.25, 0.3) is 5.91 Å². The molecule has 4 aliphatic rings. The van der Waals surface area contributed by atoms with Crippen molar-refractivity contribution < 1.29 is 29.0 Å². The summed E-state index contributed by atoms with van der Waals surface area (Å²) in [5.41, 5.74) is 0.150. The Balaban J connectivity index is 1.26. The Bertz CT molecular complexity index is 1700. The SMILES string of the molecule is CCOc1ccc(N2CC=C[C@H]3O[C@]45C=CCN(c6ccc7ccccc7c6)C(=O)C4N(CCCCCO)C(=O)[C@@H]5[C@H]3C2=O)cc1. The average Bonchev–Trinajstić information content (AvgIpc) is 3.38. The van der Waals surface area contributed by atoms with Gasteiger partial charge in [-0.3, -0.25) is 14.4 Å². The highest BCUT2D eigenvalue weighted by Crippen LogP contribution is 2.54. The Hall–Kier alpha value is -4.47. The Morgan fingerprint density at radius 2 is 1.59 bits per heavy atom. The van der Waals surface area contributed by atoms with E-state index in [2.05, 4.69) is 0 Å². The number of hydrogen-bond acceptors (Lipinski definition) is 6. The summed E-state index contributed by atoms with van der Waals surface area (Å²) in [6.07, 6.45) is 8.87. The molecule has 1 spiro atoms. The van der Waals surface area contributed by atoms with Crippen molar-refractivity contribution in [3.63, 3.8) is 0 Å². The van der Waals surface area contributed by atoms with Crippen molar-refractivity contribution in [1.29, 1.82) is 0 Å². The van der Waals surface area contributed by atoms with Crippen LogP contribution in [0, 0.1) is 11.8 Å². The van der Waals surface area contributed by atoms with Gasteiger partial charge >= 0.3 is 0 Å². The van der Waals surface area contributed by atoms with E-state index < -0.39 is 29.6 Å². The van der Waals surface area contributed by atoms with Crippen molar-refractivity contribution in [3.05, 3.63) is 91.0 Å². The number of rotatable bonds is 9. The predicted octanol–water partition coefficient (Wildman–Crippen LogP) is 4.49. The van der Waals surface area contributed by atoms with E-state index in [1.807, 2.05) is 98.0 Å². The fourth-order valence-electron chi connectivity index (χ4n) is 7.64. The molecule has 4 heterocycles. The third-order valence-electron chi connectivity index (χ3n) is 9.72. The second kappa shape index (κ2) is 12.4. The van der Waals surface area contributed by atoms with E-state index in [9.17, 15) is 19.5 Å². The number of carbonyl (C=O) groups is 3. The molecule has 0 saturated carbocycles. The van der Waals surface area contributed by atoms with E-state index in [4.69, 9.17) is 9.47 Å². The van der Waals surface area contributed by atoms with Crippen molar-refractivity contribution in [2.75, 3.05) is 42.6 Å². The molecule has 7 rings (SSSR count). The summed E-state index contributed by atoms with van der Waals surface area (Å²) in [6.45, 7) is 3.52. The lowest BCUT2D eigenvalue weighted by Gasteiger charge is -2.35. The van der Waals surface area contributed by atoms with Crippen LogP contribution in [0.3, 0.4) is 0 Å². The fourth-order valence-corrected chi connectivity index (χ4v) is 7.64. The highest BCUT2D eigenvalue weighted by atomic mass is 16.5. The first-order chi connectivity index (χ1) is 22.5. The van der Waals surface area contributed by atoms with Gasteiger partial charge in [0, 0.05) is 37.6 Å². The molecule has 9 nitrogen and oxygen atoms in total. The number of carbonyl (C=O) groups excluding carboxylic acids is 3. The van der Waals surface area contributed by atoms with Crippen LogP contribution in [0.4, 0.5) is 11.4 Å². The standard InChI is InChI=1S/C37H39N3O6/c1-2-45-29-17-15-27(16-18-29)38-21-8-12-30-31(34(38)42)32-35(43)40(20-6-3-7-23-41)33-36(44)39(22-9-19-37(32,33)46-30)28-14-13-25-10-4-5-11-26(25)24-28/h4-5,8-19,24,30-33,41H,2-3,6-7,20-23H2,1H3/t30-,31+,32+,33?,37+/m1/s1. The molecule has 9 heteroatoms. The molecule has 3 amide bonds. The van der Waals surface area contributed by atoms with Crippen LogP contribution in [0.15, 0.2) is 91.0 Å². The zero-order valence-electron chi connectivity index (χ0n) is 26.0. The maximum atomic E-state index is 14.7. The van der Waals surface area contributed by atoms with Gasteiger partial charge < -0.3 is 29.3 Å². The molecule has 3 aromatic rings. The van der Waals surface area contributed by atoms with Crippen molar-refractivity contribution in [2.24, 2.45) is 11.8 Å². The second-order valence-corrected chi connectivity index (χ2v) is 12.3. The number of likely N-dealkylation sites (tertiary alicyclic amines) is 1. The van der Waals surface area contributed by atoms with E-state index in [-0.39, 0.29) is 24.3 Å². The van der Waals surface area contributed by atoms with Gasteiger partial charge in [0.1, 0.15) is 17.4 Å². The average molecular weight is 622 g/mol. The number of anilines is 2. The molecule has 3 aromatic carbocycles. The van der Waals surface area contributed by atoms with Crippen molar-refractivity contribution >= 4 is 39.9 Å². The van der Waals surface area contributed by atoms with E-state index >= 15 is 0 Å². The van der Waals surface area contributed by atoms with Crippen molar-refractivity contribution in [3.8, 4) is 5.75 Å². The first-order valence-electron chi connectivity index (χ1n) is 16.2. The van der Waals surface area contributed by atoms with Crippen LogP contribution in [0.5, 0.6) is 5.75 Å². The molecule has 238 valence electrons. The molecule has 4 aliphatic heterocycles. The first-order valence-corrected chi connectivity index (χ1v) is 16.2. The Morgan fingerprint density at radius 1 is 0.848 bits per heavy atom. The van der Waals surface area contributed by atoms with Gasteiger partial charge in [-0.05, 0) is 73.4 Å². The minimum Gasteiger partial charge on any atom is -0.494 e. The van der Waals surface area contributed by atoms with E-state index in [0.29, 0.717) is 56.9 Å². The third kappa shape index (κ3) is 4.98. The molecular formula is C37H39N3O6. The summed E-state index contributed by atoms with van der Waals surface area (Å²) in [5.74, 6) is -1.62. The van der Waals surface area contributed by atoms with Gasteiger partial charge in [0.2, 0.25) is 11.8 Å². The van der Waals surface area contributed by atoms with Crippen molar-refractivity contribution in [2.45, 2.75) is 43.9 Å². The number of aliphatic hydroxyl groups is 1. The Kier molecular flexibility index (Phi) is 8.13. The highest BCUT2D eigenvalue weighted by Gasteiger charge is 2.71. The first kappa shape index (κ1) is 30.2. The largest absolute Gasteiger partial charge is 0.494 e. The van der Waals surface area contributed by atoms with E-state index in [1.165, 1.54) is 0 Å². The fraction of sp³-hybridized carbons (Fsp3) is 0.378. The topological polar surface area (TPSA) is 99.6 Å². The molecule has 0 aliphatic carbocycles. The lowest BCUT2D eigenvalue weighted by Crippen LogP contribution is -2.55. The van der Waals surface area contributed by atoms with Gasteiger partial charge in [0.05, 0.1) is 24.5 Å². The summed E-state index contributed by atoms with van der Waals surface area (Å²) in [4.78, 5) is 48.8. The van der Waals surface area contributed by atoms with E-state index in [0.717, 1.165) is 16.5 Å². The predicted molar refractivity (Wildman–Crippen MR) is 176 cm³/mol. The molecule has 2 saturated heterocycles. The molecule has 5 atom stereocenters. The number of fused-ring (bicyclic) bond motifs is 3. The molecule has 2 fully saturated rings.